The van der Waals surface area contributed by atoms with Crippen molar-refractivity contribution in [3.63, 3.8) is 0 Å². The Labute approximate surface area is 134 Å². The van der Waals surface area contributed by atoms with Gasteiger partial charge in [-0.15, -0.1) is 0 Å². The first-order valence-electron chi connectivity index (χ1n) is 7.02. The highest BCUT2D eigenvalue weighted by Gasteiger charge is 2.14. The number of ether oxygens (including phenoxy) is 1. The largest absolute Gasteiger partial charge is 0.383 e. The maximum Gasteiger partial charge on any atom is 0.240 e. The summed E-state index contributed by atoms with van der Waals surface area (Å²) in [5, 5.41) is 9.85. The maximum absolute atomic E-state index is 12.1. The average Bonchev–Trinajstić information content (AvgIpc) is 2.80. The van der Waals surface area contributed by atoms with Crippen LogP contribution in [-0.4, -0.2) is 40.4 Å². The number of rotatable bonds is 6. The molecule has 2 N–H and O–H groups in total. The van der Waals surface area contributed by atoms with Crippen molar-refractivity contribution < 1.29 is 9.53 Å². The normalized spacial score (nSPS) is 12.1. The first-order chi connectivity index (χ1) is 10.5. The summed E-state index contributed by atoms with van der Waals surface area (Å²) in [4.78, 5) is 12.1. The molecule has 1 aromatic carbocycles. The van der Waals surface area contributed by atoms with E-state index >= 15 is 0 Å². The fourth-order valence-corrected chi connectivity index (χ4v) is 2.42. The van der Waals surface area contributed by atoms with Crippen LogP contribution in [0.25, 0.3) is 11.4 Å². The zero-order valence-corrected chi connectivity index (χ0v) is 13.7. The predicted octanol–water partition coefficient (Wildman–Crippen LogP) is 2.07. The maximum atomic E-state index is 12.1. The highest BCUT2D eigenvalue weighted by molar-refractivity contribution is 7.71. The predicted molar refractivity (Wildman–Crippen MR) is 87.1 cm³/mol. The molecule has 0 fully saturated rings. The Balaban J connectivity index is 2.20. The van der Waals surface area contributed by atoms with Crippen molar-refractivity contribution in [2.75, 3.05) is 13.7 Å². The number of H-pyrrole nitrogens is 1. The number of carbonyl (C=O) groups excluding carboxylic acids is 1. The van der Waals surface area contributed by atoms with Crippen LogP contribution in [0.1, 0.15) is 12.5 Å². The number of benzene rings is 1. The van der Waals surface area contributed by atoms with Gasteiger partial charge in [0.25, 0.3) is 0 Å². The van der Waals surface area contributed by atoms with Crippen molar-refractivity contribution in [1.29, 1.82) is 0 Å². The molecule has 0 radical (unpaired) electrons. The zero-order valence-electron chi connectivity index (χ0n) is 12.9. The van der Waals surface area contributed by atoms with E-state index in [1.807, 2.05) is 38.1 Å². The Hall–Kier alpha value is -1.99. The molecule has 0 spiro atoms. The van der Waals surface area contributed by atoms with Crippen LogP contribution >= 0.6 is 12.2 Å². The van der Waals surface area contributed by atoms with Gasteiger partial charge in [0.15, 0.2) is 10.6 Å². The lowest BCUT2D eigenvalue weighted by molar-refractivity contribution is -0.122. The number of hydrogen-bond donors (Lipinski definition) is 2. The van der Waals surface area contributed by atoms with Crippen LogP contribution in [0.5, 0.6) is 0 Å². The van der Waals surface area contributed by atoms with Gasteiger partial charge in [-0.2, -0.15) is 5.10 Å². The number of amides is 1. The van der Waals surface area contributed by atoms with Gasteiger partial charge in [0, 0.05) is 18.7 Å². The Bertz CT molecular complexity index is 708. The summed E-state index contributed by atoms with van der Waals surface area (Å²) < 4.78 is 7.12. The lowest BCUT2D eigenvalue weighted by Crippen LogP contribution is -2.37. The molecule has 7 heteroatoms. The molecule has 1 amide bonds. The van der Waals surface area contributed by atoms with Crippen molar-refractivity contribution in [2.45, 2.75) is 26.4 Å². The van der Waals surface area contributed by atoms with E-state index in [1.54, 1.807) is 11.7 Å². The fourth-order valence-electron chi connectivity index (χ4n) is 2.22. The second-order valence-electron chi connectivity index (χ2n) is 5.23. The van der Waals surface area contributed by atoms with Gasteiger partial charge in [-0.3, -0.25) is 14.5 Å². The van der Waals surface area contributed by atoms with Crippen molar-refractivity contribution in [1.82, 2.24) is 20.1 Å². The highest BCUT2D eigenvalue weighted by Crippen LogP contribution is 2.18. The zero-order chi connectivity index (χ0) is 16.1. The smallest absolute Gasteiger partial charge is 0.240 e. The van der Waals surface area contributed by atoms with Gasteiger partial charge in [0.1, 0.15) is 6.54 Å². The van der Waals surface area contributed by atoms with Gasteiger partial charge in [-0.1, -0.05) is 23.8 Å². The quantitative estimate of drug-likeness (QED) is 0.799. The molecule has 1 heterocycles. The second kappa shape index (κ2) is 7.33. The molecular formula is C15H20N4O2S. The van der Waals surface area contributed by atoms with Crippen molar-refractivity contribution in [3.8, 4) is 11.4 Å². The van der Waals surface area contributed by atoms with E-state index in [2.05, 4.69) is 15.5 Å². The topological polar surface area (TPSA) is 71.9 Å². The van der Waals surface area contributed by atoms with Crippen molar-refractivity contribution in [2.24, 2.45) is 0 Å². The molecule has 0 aliphatic heterocycles. The third kappa shape index (κ3) is 4.02. The van der Waals surface area contributed by atoms with Gasteiger partial charge in [0.2, 0.25) is 5.91 Å². The molecule has 2 aromatic rings. The first-order valence-corrected chi connectivity index (χ1v) is 7.42. The van der Waals surface area contributed by atoms with Gasteiger partial charge < -0.3 is 10.1 Å². The summed E-state index contributed by atoms with van der Waals surface area (Å²) in [5.74, 6) is 0.527. The van der Waals surface area contributed by atoms with Gasteiger partial charge in [-0.05, 0) is 32.1 Å². The molecular weight excluding hydrogens is 300 g/mol. The van der Waals surface area contributed by atoms with Crippen molar-refractivity contribution in [3.05, 3.63) is 34.6 Å². The molecule has 0 saturated heterocycles. The van der Waals surface area contributed by atoms with Crippen LogP contribution in [0.3, 0.4) is 0 Å². The van der Waals surface area contributed by atoms with Crippen LogP contribution < -0.4 is 5.32 Å². The molecule has 22 heavy (non-hydrogen) atoms. The van der Waals surface area contributed by atoms with E-state index in [9.17, 15) is 4.79 Å². The number of hydrogen-bond acceptors (Lipinski definition) is 4. The minimum atomic E-state index is -0.129. The summed E-state index contributed by atoms with van der Waals surface area (Å²) in [6, 6.07) is 7.86. The van der Waals surface area contributed by atoms with Crippen LogP contribution in [0.4, 0.5) is 0 Å². The fraction of sp³-hybridized carbons (Fsp3) is 0.400. The minimum absolute atomic E-state index is 0.0546. The number of methoxy groups -OCH3 is 1. The molecule has 0 aliphatic carbocycles. The first kappa shape index (κ1) is 16.4. The van der Waals surface area contributed by atoms with Crippen LogP contribution in [0.15, 0.2) is 24.3 Å². The summed E-state index contributed by atoms with van der Waals surface area (Å²) in [6.07, 6.45) is 0. The number of aromatic nitrogens is 3. The molecule has 0 bridgehead atoms. The molecule has 1 atom stereocenters. The number of carbonyl (C=O) groups is 1. The number of aromatic amines is 1. The lowest BCUT2D eigenvalue weighted by Gasteiger charge is -2.13. The number of aryl methyl sites for hydroxylation is 1. The summed E-state index contributed by atoms with van der Waals surface area (Å²) in [7, 11) is 1.60. The molecule has 1 unspecified atom stereocenters. The Morgan fingerprint density at radius 2 is 2.32 bits per heavy atom. The Morgan fingerprint density at radius 3 is 3.00 bits per heavy atom. The molecule has 0 saturated carbocycles. The Morgan fingerprint density at radius 1 is 1.55 bits per heavy atom. The van der Waals surface area contributed by atoms with E-state index in [4.69, 9.17) is 17.0 Å². The summed E-state index contributed by atoms with van der Waals surface area (Å²) >= 11 is 5.23. The third-order valence-corrected chi connectivity index (χ3v) is 3.47. The van der Waals surface area contributed by atoms with E-state index in [-0.39, 0.29) is 18.5 Å². The SMILES string of the molecule is COCC(C)NC(=O)Cn1c(-c2cccc(C)c2)n[nH]c1=S. The monoisotopic (exact) mass is 320 g/mol. The van der Waals surface area contributed by atoms with Crippen LogP contribution in [0.2, 0.25) is 0 Å². The minimum Gasteiger partial charge on any atom is -0.383 e. The van der Waals surface area contributed by atoms with E-state index in [0.717, 1.165) is 11.1 Å². The molecule has 118 valence electrons. The van der Waals surface area contributed by atoms with Gasteiger partial charge in [-0.25, -0.2) is 0 Å². The average molecular weight is 320 g/mol. The molecule has 0 aliphatic rings. The molecule has 1 aromatic heterocycles. The van der Waals surface area contributed by atoms with E-state index in [0.29, 0.717) is 17.2 Å². The summed E-state index contributed by atoms with van der Waals surface area (Å²) in [5.41, 5.74) is 2.04. The number of nitrogens with one attached hydrogen (secondary N) is 2. The van der Waals surface area contributed by atoms with E-state index < -0.39 is 0 Å². The van der Waals surface area contributed by atoms with Crippen molar-refractivity contribution >= 4 is 18.1 Å². The van der Waals surface area contributed by atoms with Crippen LogP contribution in [-0.2, 0) is 16.1 Å². The second-order valence-corrected chi connectivity index (χ2v) is 5.62. The van der Waals surface area contributed by atoms with E-state index in [1.165, 1.54) is 0 Å². The Kier molecular flexibility index (Phi) is 5.46. The lowest BCUT2D eigenvalue weighted by atomic mass is 10.1. The highest BCUT2D eigenvalue weighted by atomic mass is 32.1. The molecule has 6 nitrogen and oxygen atoms in total. The number of nitrogens with zero attached hydrogens (tertiary/aromatic N) is 2. The van der Waals surface area contributed by atoms with Gasteiger partial charge in [0.05, 0.1) is 6.61 Å². The van der Waals surface area contributed by atoms with Crippen LogP contribution in [0, 0.1) is 11.7 Å². The third-order valence-electron chi connectivity index (χ3n) is 3.16. The summed E-state index contributed by atoms with van der Waals surface area (Å²) in [6.45, 7) is 4.48. The van der Waals surface area contributed by atoms with Gasteiger partial charge >= 0.3 is 0 Å². The molecule has 2 rings (SSSR count). The standard InChI is InChI=1S/C15H20N4O2S/c1-10-5-4-6-12(7-10)14-17-18-15(22)19(14)8-13(20)16-11(2)9-21-3/h4-7,11H,8-9H2,1-3H3,(H,16,20)(H,18,22).